The molecule has 2 heterocycles. The molecule has 1 aliphatic heterocycles. The average Bonchev–Trinajstić information content (AvgIpc) is 2.89. The van der Waals surface area contributed by atoms with E-state index in [-0.39, 0.29) is 12.0 Å². The third-order valence-electron chi connectivity index (χ3n) is 3.76. The molecule has 6 heteroatoms. The van der Waals surface area contributed by atoms with E-state index >= 15 is 0 Å². The first-order valence-electron chi connectivity index (χ1n) is 6.75. The lowest BCUT2D eigenvalue weighted by Crippen LogP contribution is -2.47. The molecule has 1 aliphatic rings. The van der Waals surface area contributed by atoms with Crippen molar-refractivity contribution in [3.05, 3.63) is 41.2 Å². The molecule has 0 aliphatic carbocycles. The molecule has 0 atom stereocenters. The number of nitrogens with zero attached hydrogens (tertiary/aromatic N) is 2. The van der Waals surface area contributed by atoms with Gasteiger partial charge in [0, 0.05) is 28.6 Å². The van der Waals surface area contributed by atoms with Gasteiger partial charge in [-0.3, -0.25) is 4.57 Å². The molecule has 112 valence electrons. The second-order valence-corrected chi connectivity index (χ2v) is 6.75. The first-order valence-corrected chi connectivity index (χ1v) is 8.12. The maximum Gasteiger partial charge on any atom is 0.172 e. The smallest absolute Gasteiger partial charge is 0.172 e. The van der Waals surface area contributed by atoms with Gasteiger partial charge < -0.3 is 9.84 Å². The molecule has 1 saturated heterocycles. The number of thioether (sulfide) groups is 1. The van der Waals surface area contributed by atoms with Gasteiger partial charge >= 0.3 is 0 Å². The molecule has 3 rings (SSSR count). The zero-order valence-corrected chi connectivity index (χ0v) is 13.3. The summed E-state index contributed by atoms with van der Waals surface area (Å²) in [4.78, 5) is 4.42. The lowest BCUT2D eigenvalue weighted by Gasteiger charge is -2.39. The minimum atomic E-state index is -0.120. The highest BCUT2D eigenvalue weighted by molar-refractivity contribution is 7.99. The first kappa shape index (κ1) is 14.9. The van der Waals surface area contributed by atoms with Crippen LogP contribution in [0.25, 0.3) is 5.69 Å². The van der Waals surface area contributed by atoms with Gasteiger partial charge in [0.15, 0.2) is 5.16 Å². The summed E-state index contributed by atoms with van der Waals surface area (Å²) in [6.45, 7) is 3.39. The van der Waals surface area contributed by atoms with Crippen LogP contribution in [0.1, 0.15) is 5.56 Å². The third-order valence-corrected chi connectivity index (χ3v) is 5.49. The van der Waals surface area contributed by atoms with E-state index in [9.17, 15) is 5.11 Å². The molecule has 21 heavy (non-hydrogen) atoms. The van der Waals surface area contributed by atoms with Gasteiger partial charge in [0.1, 0.15) is 0 Å². The molecule has 2 aromatic rings. The van der Waals surface area contributed by atoms with Gasteiger partial charge in [-0.15, -0.1) is 0 Å². The monoisotopic (exact) mass is 324 g/mol. The van der Waals surface area contributed by atoms with Crippen LogP contribution in [0.5, 0.6) is 0 Å². The minimum Gasteiger partial charge on any atom is -0.396 e. The van der Waals surface area contributed by atoms with Crippen molar-refractivity contribution in [1.82, 2.24) is 9.55 Å². The molecular formula is C15H17ClN2O2S. The molecule has 1 aromatic heterocycles. The van der Waals surface area contributed by atoms with Gasteiger partial charge in [0.2, 0.25) is 0 Å². The summed E-state index contributed by atoms with van der Waals surface area (Å²) in [5.74, 6) is 0.792. The van der Waals surface area contributed by atoms with E-state index in [1.165, 1.54) is 0 Å². The number of imidazole rings is 1. The van der Waals surface area contributed by atoms with Gasteiger partial charge in [-0.05, 0) is 24.6 Å². The molecule has 0 amide bonds. The van der Waals surface area contributed by atoms with Crippen molar-refractivity contribution in [3.8, 4) is 5.69 Å². The van der Waals surface area contributed by atoms with Crippen LogP contribution in [0.2, 0.25) is 5.02 Å². The Labute approximate surface area is 133 Å². The Hall–Kier alpha value is -1.01. The van der Waals surface area contributed by atoms with E-state index in [0.717, 1.165) is 27.2 Å². The van der Waals surface area contributed by atoms with E-state index < -0.39 is 0 Å². The van der Waals surface area contributed by atoms with Crippen LogP contribution in [0.4, 0.5) is 0 Å². The number of aliphatic hydroxyl groups excluding tert-OH is 1. The number of rotatable bonds is 5. The summed E-state index contributed by atoms with van der Waals surface area (Å²) in [5.41, 5.74) is 1.94. The Balaban J connectivity index is 1.82. The van der Waals surface area contributed by atoms with E-state index in [1.54, 1.807) is 18.0 Å². The Morgan fingerprint density at radius 1 is 1.48 bits per heavy atom. The topological polar surface area (TPSA) is 47.3 Å². The first-order chi connectivity index (χ1) is 10.2. The van der Waals surface area contributed by atoms with E-state index in [1.807, 2.05) is 35.9 Å². The fraction of sp³-hybridized carbons (Fsp3) is 0.400. The maximum absolute atomic E-state index is 9.49. The van der Waals surface area contributed by atoms with Crippen molar-refractivity contribution in [3.63, 3.8) is 0 Å². The Morgan fingerprint density at radius 3 is 2.95 bits per heavy atom. The second-order valence-electron chi connectivity index (χ2n) is 5.40. The summed E-state index contributed by atoms with van der Waals surface area (Å²) < 4.78 is 7.27. The highest BCUT2D eigenvalue weighted by Crippen LogP contribution is 2.34. The minimum absolute atomic E-state index is 0.120. The maximum atomic E-state index is 9.49. The molecular weight excluding hydrogens is 308 g/mol. The quantitative estimate of drug-likeness (QED) is 0.859. The zero-order valence-electron chi connectivity index (χ0n) is 11.8. The Kier molecular flexibility index (Phi) is 4.26. The average molecular weight is 325 g/mol. The number of ether oxygens (including phenoxy) is 1. The van der Waals surface area contributed by atoms with Gasteiger partial charge in [-0.2, -0.15) is 0 Å². The predicted octanol–water partition coefficient (Wildman–Crippen LogP) is 2.94. The highest BCUT2D eigenvalue weighted by Gasteiger charge is 2.38. The van der Waals surface area contributed by atoms with Crippen molar-refractivity contribution < 1.29 is 9.84 Å². The molecule has 1 fully saturated rings. The number of halogens is 1. The largest absolute Gasteiger partial charge is 0.396 e. The van der Waals surface area contributed by atoms with Crippen LogP contribution in [0.3, 0.4) is 0 Å². The normalized spacial score (nSPS) is 16.7. The van der Waals surface area contributed by atoms with Crippen LogP contribution in [-0.4, -0.2) is 40.2 Å². The molecule has 1 aromatic carbocycles. The summed E-state index contributed by atoms with van der Waals surface area (Å²) >= 11 is 7.84. The SMILES string of the molecule is Cc1c(Cl)cccc1-n1ccnc1SCC1(CO)COC1. The number of benzene rings is 1. The fourth-order valence-electron chi connectivity index (χ4n) is 2.27. The van der Waals surface area contributed by atoms with Gasteiger partial charge in [-0.1, -0.05) is 29.4 Å². The van der Waals surface area contributed by atoms with Crippen molar-refractivity contribution in [1.29, 1.82) is 0 Å². The number of aromatic nitrogens is 2. The Bertz CT molecular complexity index is 635. The summed E-state index contributed by atoms with van der Waals surface area (Å²) in [6.07, 6.45) is 3.72. The second kappa shape index (κ2) is 6.01. The van der Waals surface area contributed by atoms with Crippen molar-refractivity contribution in [2.75, 3.05) is 25.6 Å². The predicted molar refractivity (Wildman–Crippen MR) is 84.4 cm³/mol. The summed E-state index contributed by atoms with van der Waals surface area (Å²) in [5, 5.41) is 11.1. The Morgan fingerprint density at radius 2 is 2.29 bits per heavy atom. The molecule has 0 unspecified atom stereocenters. The molecule has 0 spiro atoms. The summed E-state index contributed by atoms with van der Waals surface area (Å²) in [7, 11) is 0. The number of hydrogen-bond acceptors (Lipinski definition) is 4. The van der Waals surface area contributed by atoms with Gasteiger partial charge in [0.05, 0.1) is 25.5 Å². The molecule has 1 N–H and O–H groups in total. The standard InChI is InChI=1S/C15H17ClN2O2S/c1-11-12(16)3-2-4-13(11)18-6-5-17-14(18)21-10-15(7-19)8-20-9-15/h2-6,19H,7-10H2,1H3. The van der Waals surface area contributed by atoms with E-state index in [0.29, 0.717) is 13.2 Å². The third kappa shape index (κ3) is 2.83. The van der Waals surface area contributed by atoms with Gasteiger partial charge in [0.25, 0.3) is 0 Å². The lowest BCUT2D eigenvalue weighted by atomic mass is 9.90. The lowest BCUT2D eigenvalue weighted by molar-refractivity contribution is -0.121. The van der Waals surface area contributed by atoms with Crippen molar-refractivity contribution >= 4 is 23.4 Å². The molecule has 0 radical (unpaired) electrons. The highest BCUT2D eigenvalue weighted by atomic mass is 35.5. The number of aliphatic hydroxyl groups is 1. The molecule has 0 bridgehead atoms. The van der Waals surface area contributed by atoms with Crippen molar-refractivity contribution in [2.45, 2.75) is 12.1 Å². The number of hydrogen-bond donors (Lipinski definition) is 1. The van der Waals surface area contributed by atoms with Crippen LogP contribution in [0.15, 0.2) is 35.7 Å². The van der Waals surface area contributed by atoms with Gasteiger partial charge in [-0.25, -0.2) is 4.98 Å². The van der Waals surface area contributed by atoms with Crippen LogP contribution in [0, 0.1) is 12.3 Å². The van der Waals surface area contributed by atoms with Crippen LogP contribution >= 0.6 is 23.4 Å². The van der Waals surface area contributed by atoms with Crippen LogP contribution < -0.4 is 0 Å². The zero-order chi connectivity index (χ0) is 14.9. The van der Waals surface area contributed by atoms with E-state index in [4.69, 9.17) is 16.3 Å². The molecule has 0 saturated carbocycles. The van der Waals surface area contributed by atoms with Crippen LogP contribution in [-0.2, 0) is 4.74 Å². The summed E-state index contributed by atoms with van der Waals surface area (Å²) in [6, 6.07) is 5.85. The van der Waals surface area contributed by atoms with E-state index in [2.05, 4.69) is 4.98 Å². The van der Waals surface area contributed by atoms with Crippen molar-refractivity contribution in [2.24, 2.45) is 5.41 Å². The molecule has 4 nitrogen and oxygen atoms in total. The fourth-order valence-corrected chi connectivity index (χ4v) is 3.56.